The molecular formula is C30H49N7O7. The summed E-state index contributed by atoms with van der Waals surface area (Å²) in [6.07, 6.45) is 9.97. The van der Waals surface area contributed by atoms with E-state index in [1.807, 2.05) is 0 Å². The van der Waals surface area contributed by atoms with Crippen molar-refractivity contribution in [3.05, 3.63) is 24.8 Å². The molecular weight excluding hydrogens is 570 g/mol. The van der Waals surface area contributed by atoms with Crippen molar-refractivity contribution in [2.24, 2.45) is 5.92 Å². The van der Waals surface area contributed by atoms with E-state index in [1.165, 1.54) is 25.5 Å². The number of H-pyrrole nitrogens is 1. The first-order valence-electron chi connectivity index (χ1n) is 15.6. The molecule has 1 aliphatic heterocycles. The maximum Gasteiger partial charge on any atom is 0.239 e. The third-order valence-electron chi connectivity index (χ3n) is 7.62. The first-order chi connectivity index (χ1) is 21.2. The van der Waals surface area contributed by atoms with E-state index >= 15 is 0 Å². The lowest BCUT2D eigenvalue weighted by Gasteiger charge is -2.44. The van der Waals surface area contributed by atoms with Gasteiger partial charge < -0.3 is 46.1 Å². The van der Waals surface area contributed by atoms with E-state index in [2.05, 4.69) is 61.9 Å². The SMILES string of the molecule is CC(C)CCC/C=C\CCCCCCCC(=O)NCC(=O)N[C@@H]1[C@@H](O)[C@@H](O)[C@@H](Nc2ncnc3nc[nH]c23)O[C@H]1C(O)CO. The van der Waals surface area contributed by atoms with Crippen LogP contribution in [-0.2, 0) is 14.3 Å². The van der Waals surface area contributed by atoms with Gasteiger partial charge in [-0.15, -0.1) is 0 Å². The summed E-state index contributed by atoms with van der Waals surface area (Å²) in [6.45, 7) is 3.41. The third-order valence-corrected chi connectivity index (χ3v) is 7.62. The lowest BCUT2D eigenvalue weighted by molar-refractivity contribution is -0.204. The molecule has 2 aromatic rings. The molecule has 6 atom stereocenters. The molecule has 1 aliphatic rings. The zero-order valence-electron chi connectivity index (χ0n) is 25.7. The van der Waals surface area contributed by atoms with E-state index in [0.29, 0.717) is 17.6 Å². The molecule has 0 aromatic carbocycles. The van der Waals surface area contributed by atoms with E-state index < -0.39 is 49.2 Å². The molecule has 1 saturated heterocycles. The van der Waals surface area contributed by atoms with Crippen molar-refractivity contribution in [3.8, 4) is 0 Å². The van der Waals surface area contributed by atoms with Gasteiger partial charge in [-0.1, -0.05) is 51.7 Å². The fourth-order valence-electron chi connectivity index (χ4n) is 5.11. The molecule has 246 valence electrons. The van der Waals surface area contributed by atoms with Crippen LogP contribution < -0.4 is 16.0 Å². The molecule has 44 heavy (non-hydrogen) atoms. The predicted octanol–water partition coefficient (Wildman–Crippen LogP) is 1.28. The first kappa shape index (κ1) is 35.3. The number of carbonyl (C=O) groups excluding carboxylic acids is 2. The second-order valence-corrected chi connectivity index (χ2v) is 11.7. The molecule has 0 saturated carbocycles. The first-order valence-corrected chi connectivity index (χ1v) is 15.6. The molecule has 8 N–H and O–H groups in total. The number of nitrogens with one attached hydrogen (secondary N) is 4. The van der Waals surface area contributed by atoms with Crippen LogP contribution in [0.25, 0.3) is 11.2 Å². The number of aromatic nitrogens is 4. The van der Waals surface area contributed by atoms with E-state index in [9.17, 15) is 30.0 Å². The van der Waals surface area contributed by atoms with Crippen molar-refractivity contribution >= 4 is 28.8 Å². The van der Waals surface area contributed by atoms with Gasteiger partial charge in [-0.05, 0) is 38.0 Å². The van der Waals surface area contributed by atoms with Crippen LogP contribution in [0.15, 0.2) is 24.8 Å². The number of hydrogen-bond acceptors (Lipinski definition) is 11. The molecule has 3 rings (SSSR count). The van der Waals surface area contributed by atoms with Gasteiger partial charge in [0.15, 0.2) is 17.7 Å². The lowest BCUT2D eigenvalue weighted by Crippen LogP contribution is -2.68. The van der Waals surface area contributed by atoms with Crippen LogP contribution in [0.2, 0.25) is 0 Å². The van der Waals surface area contributed by atoms with Gasteiger partial charge in [0.05, 0.1) is 25.5 Å². The van der Waals surface area contributed by atoms with E-state index in [4.69, 9.17) is 4.74 Å². The minimum absolute atomic E-state index is 0.228. The average Bonchev–Trinajstić information content (AvgIpc) is 3.50. The standard InChI is InChI=1S/C30H49N7O7/c1-19(2)13-11-9-7-5-3-4-6-8-10-12-14-21(40)31-15-22(41)36-23-25(42)26(43)30(44-27(23)20(39)16-38)37-29-24-28(33-17-32-24)34-18-35-29/h5,7,17-20,23,25-27,30,38-39,42-43H,3-4,6,8-16H2,1-2H3,(H,31,40)(H,36,41)(H2,32,33,34,35,37)/b7-5-/t20?,23-,25-,26-,27+,30+/m1/s1. The number of ether oxygens (including phenoxy) is 1. The van der Waals surface area contributed by atoms with Gasteiger partial charge in [0.1, 0.15) is 36.3 Å². The van der Waals surface area contributed by atoms with E-state index in [-0.39, 0.29) is 18.3 Å². The fourth-order valence-corrected chi connectivity index (χ4v) is 5.11. The molecule has 14 heteroatoms. The number of aliphatic hydroxyl groups is 4. The van der Waals surface area contributed by atoms with Gasteiger partial charge in [-0.3, -0.25) is 9.59 Å². The van der Waals surface area contributed by atoms with E-state index in [1.54, 1.807) is 0 Å². The monoisotopic (exact) mass is 619 g/mol. The molecule has 1 unspecified atom stereocenters. The summed E-state index contributed by atoms with van der Waals surface area (Å²) in [7, 11) is 0. The quantitative estimate of drug-likeness (QED) is 0.0828. The highest BCUT2D eigenvalue weighted by molar-refractivity contribution is 5.85. The number of amides is 2. The van der Waals surface area contributed by atoms with Crippen LogP contribution in [0.5, 0.6) is 0 Å². The molecule has 14 nitrogen and oxygen atoms in total. The Labute approximate surface area is 258 Å². The number of allylic oxidation sites excluding steroid dienone is 2. The van der Waals surface area contributed by atoms with Crippen LogP contribution in [0.3, 0.4) is 0 Å². The molecule has 2 aromatic heterocycles. The zero-order valence-corrected chi connectivity index (χ0v) is 25.7. The number of aliphatic hydroxyl groups excluding tert-OH is 4. The summed E-state index contributed by atoms with van der Waals surface area (Å²) in [5, 5.41) is 49.5. The fraction of sp³-hybridized carbons (Fsp3) is 0.700. The van der Waals surface area contributed by atoms with Crippen molar-refractivity contribution in [1.82, 2.24) is 30.6 Å². The Kier molecular flexibility index (Phi) is 14.9. The molecule has 0 bridgehead atoms. The summed E-state index contributed by atoms with van der Waals surface area (Å²) < 4.78 is 5.79. The molecule has 2 amide bonds. The Morgan fingerprint density at radius 3 is 2.48 bits per heavy atom. The summed E-state index contributed by atoms with van der Waals surface area (Å²) in [4.78, 5) is 39.9. The smallest absolute Gasteiger partial charge is 0.239 e. The summed E-state index contributed by atoms with van der Waals surface area (Å²) in [5.74, 6) is 0.0716. The Bertz CT molecular complexity index is 1180. The summed E-state index contributed by atoms with van der Waals surface area (Å²) in [6, 6.07) is -1.28. The van der Waals surface area contributed by atoms with Crippen LogP contribution >= 0.6 is 0 Å². The van der Waals surface area contributed by atoms with Crippen LogP contribution in [0, 0.1) is 5.92 Å². The Balaban J connectivity index is 1.37. The highest BCUT2D eigenvalue weighted by atomic mass is 16.5. The Hall–Kier alpha value is -3.17. The number of aromatic amines is 1. The summed E-state index contributed by atoms with van der Waals surface area (Å²) >= 11 is 0. The second kappa shape index (κ2) is 18.6. The maximum atomic E-state index is 12.6. The van der Waals surface area contributed by atoms with Gasteiger partial charge in [0.25, 0.3) is 0 Å². The van der Waals surface area contributed by atoms with Crippen LogP contribution in [0.4, 0.5) is 5.82 Å². The normalized spacial score (nSPS) is 22.8. The molecule has 0 radical (unpaired) electrons. The number of rotatable bonds is 19. The number of hydrogen-bond donors (Lipinski definition) is 8. The maximum absolute atomic E-state index is 12.6. The zero-order chi connectivity index (χ0) is 31.9. The van der Waals surface area contributed by atoms with Crippen molar-refractivity contribution in [2.45, 2.75) is 115 Å². The van der Waals surface area contributed by atoms with Crippen molar-refractivity contribution in [3.63, 3.8) is 0 Å². The predicted molar refractivity (Wildman–Crippen MR) is 164 cm³/mol. The second-order valence-electron chi connectivity index (χ2n) is 11.7. The highest BCUT2D eigenvalue weighted by Crippen LogP contribution is 2.26. The van der Waals surface area contributed by atoms with Gasteiger partial charge in [-0.2, -0.15) is 0 Å². The van der Waals surface area contributed by atoms with Gasteiger partial charge >= 0.3 is 0 Å². The molecule has 1 fully saturated rings. The molecule has 0 aliphatic carbocycles. The number of carbonyl (C=O) groups is 2. The number of anilines is 1. The number of imidazole rings is 1. The van der Waals surface area contributed by atoms with Crippen molar-refractivity contribution in [1.29, 1.82) is 0 Å². The number of nitrogens with zero attached hydrogens (tertiary/aromatic N) is 3. The van der Waals surface area contributed by atoms with Crippen molar-refractivity contribution < 1.29 is 34.8 Å². The van der Waals surface area contributed by atoms with Gasteiger partial charge in [0.2, 0.25) is 11.8 Å². The lowest BCUT2D eigenvalue weighted by atomic mass is 9.92. The molecule has 3 heterocycles. The minimum Gasteiger partial charge on any atom is -0.394 e. The number of unbranched alkanes of at least 4 members (excludes halogenated alkanes) is 6. The molecule has 0 spiro atoms. The van der Waals surface area contributed by atoms with E-state index in [0.717, 1.165) is 50.9 Å². The van der Waals surface area contributed by atoms with Crippen LogP contribution in [0.1, 0.15) is 78.1 Å². The minimum atomic E-state index is -1.59. The Morgan fingerprint density at radius 2 is 1.73 bits per heavy atom. The number of fused-ring (bicyclic) bond motifs is 1. The Morgan fingerprint density at radius 1 is 1.00 bits per heavy atom. The highest BCUT2D eigenvalue weighted by Gasteiger charge is 2.48. The third kappa shape index (κ3) is 11.1. The van der Waals surface area contributed by atoms with Gasteiger partial charge in [-0.25, -0.2) is 15.0 Å². The summed E-state index contributed by atoms with van der Waals surface area (Å²) in [5.41, 5.74) is 0.789. The van der Waals surface area contributed by atoms with Crippen molar-refractivity contribution in [2.75, 3.05) is 18.5 Å². The topological polar surface area (TPSA) is 215 Å². The largest absolute Gasteiger partial charge is 0.394 e. The van der Waals surface area contributed by atoms with Crippen LogP contribution in [-0.4, -0.2) is 102 Å². The average molecular weight is 620 g/mol. The van der Waals surface area contributed by atoms with Gasteiger partial charge in [0, 0.05) is 6.42 Å².